The van der Waals surface area contributed by atoms with Crippen LogP contribution in [0.15, 0.2) is 0 Å². The SMILES string of the molecule is [B][C@@H]1O[C@H](CC)[C@H](OC(=O)CCC(=O)NC)C1OC(C)C(=O)NC. The van der Waals surface area contributed by atoms with Crippen molar-refractivity contribution >= 4 is 25.6 Å². The molecule has 0 aliphatic carbocycles. The first-order valence-corrected chi connectivity index (χ1v) is 8.02. The average molecular weight is 340 g/mol. The number of esters is 1. The number of likely N-dealkylation sites (N-methyl/N-ethyl adjacent to an activating group) is 1. The van der Waals surface area contributed by atoms with Crippen LogP contribution in [0.1, 0.15) is 33.1 Å². The third-order valence-corrected chi connectivity index (χ3v) is 3.83. The van der Waals surface area contributed by atoms with Crippen molar-refractivity contribution < 1.29 is 28.6 Å². The number of rotatable bonds is 8. The summed E-state index contributed by atoms with van der Waals surface area (Å²) in [6, 6.07) is -0.807. The molecule has 1 rings (SSSR count). The van der Waals surface area contributed by atoms with Crippen LogP contribution in [0, 0.1) is 0 Å². The molecule has 24 heavy (non-hydrogen) atoms. The smallest absolute Gasteiger partial charge is 0.306 e. The number of ether oxygens (including phenoxy) is 3. The van der Waals surface area contributed by atoms with Crippen molar-refractivity contribution in [1.82, 2.24) is 10.6 Å². The second-order valence-corrected chi connectivity index (χ2v) is 5.53. The highest BCUT2D eigenvalue weighted by molar-refractivity contribution is 6.11. The molecule has 0 aromatic rings. The van der Waals surface area contributed by atoms with Crippen molar-refractivity contribution in [2.45, 2.75) is 63.5 Å². The molecule has 1 aliphatic heterocycles. The Morgan fingerprint density at radius 2 is 1.83 bits per heavy atom. The molecule has 9 heteroatoms. The van der Waals surface area contributed by atoms with E-state index in [2.05, 4.69) is 10.6 Å². The molecule has 0 aromatic heterocycles. The summed E-state index contributed by atoms with van der Waals surface area (Å²) in [4.78, 5) is 34.8. The van der Waals surface area contributed by atoms with Crippen LogP contribution in [0.2, 0.25) is 0 Å². The van der Waals surface area contributed by atoms with Gasteiger partial charge in [-0.1, -0.05) is 6.92 Å². The van der Waals surface area contributed by atoms with E-state index in [1.54, 1.807) is 6.92 Å². The first kappa shape index (κ1) is 20.4. The highest BCUT2D eigenvalue weighted by Crippen LogP contribution is 2.28. The van der Waals surface area contributed by atoms with Crippen LogP contribution in [0.3, 0.4) is 0 Å². The van der Waals surface area contributed by atoms with Gasteiger partial charge in [-0.2, -0.15) is 0 Å². The van der Waals surface area contributed by atoms with Crippen LogP contribution < -0.4 is 10.6 Å². The van der Waals surface area contributed by atoms with Crippen LogP contribution >= 0.6 is 0 Å². The summed E-state index contributed by atoms with van der Waals surface area (Å²) in [6.45, 7) is 3.45. The molecule has 0 saturated carbocycles. The molecule has 1 aliphatic rings. The van der Waals surface area contributed by atoms with Crippen molar-refractivity contribution in [3.8, 4) is 0 Å². The number of carbonyl (C=O) groups excluding carboxylic acids is 3. The molecule has 134 valence electrons. The zero-order valence-corrected chi connectivity index (χ0v) is 14.5. The fourth-order valence-corrected chi connectivity index (χ4v) is 2.43. The Hall–Kier alpha value is -1.61. The largest absolute Gasteiger partial charge is 0.457 e. The zero-order chi connectivity index (χ0) is 18.3. The van der Waals surface area contributed by atoms with Crippen LogP contribution in [0.25, 0.3) is 0 Å². The first-order valence-electron chi connectivity index (χ1n) is 8.02. The molecule has 0 bridgehead atoms. The van der Waals surface area contributed by atoms with Gasteiger partial charge >= 0.3 is 5.97 Å². The summed E-state index contributed by atoms with van der Waals surface area (Å²) in [6.07, 6.45) is -2.13. The van der Waals surface area contributed by atoms with Crippen LogP contribution in [0.5, 0.6) is 0 Å². The van der Waals surface area contributed by atoms with Gasteiger partial charge in [-0.25, -0.2) is 0 Å². The van der Waals surface area contributed by atoms with Gasteiger partial charge < -0.3 is 24.8 Å². The van der Waals surface area contributed by atoms with Crippen molar-refractivity contribution in [2.75, 3.05) is 14.1 Å². The molecule has 8 nitrogen and oxygen atoms in total. The van der Waals surface area contributed by atoms with Gasteiger partial charge in [-0.15, -0.1) is 0 Å². The third kappa shape index (κ3) is 5.49. The maximum Gasteiger partial charge on any atom is 0.306 e. The first-order chi connectivity index (χ1) is 11.3. The molecular weight excluding hydrogens is 315 g/mol. The second kappa shape index (κ2) is 9.63. The van der Waals surface area contributed by atoms with E-state index in [4.69, 9.17) is 22.1 Å². The van der Waals surface area contributed by atoms with Crippen molar-refractivity contribution in [2.24, 2.45) is 0 Å². The highest BCUT2D eigenvalue weighted by Gasteiger charge is 2.45. The van der Waals surface area contributed by atoms with Gasteiger partial charge in [-0.05, 0) is 13.3 Å². The van der Waals surface area contributed by atoms with E-state index >= 15 is 0 Å². The van der Waals surface area contributed by atoms with Crippen molar-refractivity contribution in [3.05, 3.63) is 0 Å². The summed E-state index contributed by atoms with van der Waals surface area (Å²) in [5.41, 5.74) is 0. The average Bonchev–Trinajstić information content (AvgIpc) is 2.87. The Kier molecular flexibility index (Phi) is 8.20. The number of nitrogens with one attached hydrogen (secondary N) is 2. The highest BCUT2D eigenvalue weighted by atomic mass is 16.6. The Bertz CT molecular complexity index is 461. The summed E-state index contributed by atoms with van der Waals surface area (Å²) < 4.78 is 16.6. The maximum absolute atomic E-state index is 12.0. The normalized spacial score (nSPS) is 27.3. The topological polar surface area (TPSA) is 103 Å². The lowest BCUT2D eigenvalue weighted by Crippen LogP contribution is -2.44. The van der Waals surface area contributed by atoms with E-state index in [0.29, 0.717) is 6.42 Å². The van der Waals surface area contributed by atoms with Gasteiger partial charge in [0.05, 0.1) is 12.5 Å². The minimum atomic E-state index is -0.807. The summed E-state index contributed by atoms with van der Waals surface area (Å²) >= 11 is 0. The quantitative estimate of drug-likeness (QED) is 0.445. The summed E-state index contributed by atoms with van der Waals surface area (Å²) in [7, 11) is 8.90. The molecule has 1 saturated heterocycles. The van der Waals surface area contributed by atoms with Crippen molar-refractivity contribution in [1.29, 1.82) is 0 Å². The Labute approximate surface area is 143 Å². The van der Waals surface area contributed by atoms with Gasteiger partial charge in [-0.3, -0.25) is 14.4 Å². The van der Waals surface area contributed by atoms with E-state index < -0.39 is 36.4 Å². The Morgan fingerprint density at radius 3 is 2.38 bits per heavy atom. The van der Waals surface area contributed by atoms with Crippen molar-refractivity contribution in [3.63, 3.8) is 0 Å². The Balaban J connectivity index is 2.71. The predicted octanol–water partition coefficient (Wildman–Crippen LogP) is -0.752. The molecule has 2 amide bonds. The molecule has 2 radical (unpaired) electrons. The predicted molar refractivity (Wildman–Crippen MR) is 86.3 cm³/mol. The molecule has 2 unspecified atom stereocenters. The molecular formula is C15H25BN2O6. The second-order valence-electron chi connectivity index (χ2n) is 5.53. The fraction of sp³-hybridized carbons (Fsp3) is 0.800. The van der Waals surface area contributed by atoms with Gasteiger partial charge in [0.2, 0.25) is 11.8 Å². The molecule has 5 atom stereocenters. The van der Waals surface area contributed by atoms with E-state index in [1.807, 2.05) is 6.92 Å². The minimum Gasteiger partial charge on any atom is -0.457 e. The lowest BCUT2D eigenvalue weighted by molar-refractivity contribution is -0.161. The molecule has 1 fully saturated rings. The number of amides is 2. The monoisotopic (exact) mass is 340 g/mol. The molecule has 0 spiro atoms. The Morgan fingerprint density at radius 1 is 1.17 bits per heavy atom. The maximum atomic E-state index is 12.0. The molecule has 1 heterocycles. The lowest BCUT2D eigenvalue weighted by atomic mass is 9.92. The summed E-state index contributed by atoms with van der Waals surface area (Å²) in [5, 5.41) is 4.91. The van der Waals surface area contributed by atoms with E-state index in [-0.39, 0.29) is 24.7 Å². The van der Waals surface area contributed by atoms with E-state index in [1.165, 1.54) is 14.1 Å². The third-order valence-electron chi connectivity index (χ3n) is 3.83. The number of hydrogen-bond donors (Lipinski definition) is 2. The van der Waals surface area contributed by atoms with Crippen LogP contribution in [-0.4, -0.2) is 70.1 Å². The van der Waals surface area contributed by atoms with Gasteiger partial charge in [0.25, 0.3) is 0 Å². The standard InChI is InChI=1S/C15H25BN2O6/c1-5-9-12(24-11(20)7-6-10(19)17-3)13(14(16)23-9)22-8(2)15(21)18-4/h8-9,12-14H,5-7H2,1-4H3,(H,17,19)(H,18,21)/t8?,9-,12+,13?,14-/m1/s1. The number of hydrogen-bond acceptors (Lipinski definition) is 6. The van der Waals surface area contributed by atoms with Crippen LogP contribution in [0.4, 0.5) is 0 Å². The van der Waals surface area contributed by atoms with E-state index in [0.717, 1.165) is 0 Å². The molecule has 2 N–H and O–H groups in total. The zero-order valence-electron chi connectivity index (χ0n) is 14.5. The molecule has 0 aromatic carbocycles. The van der Waals surface area contributed by atoms with E-state index in [9.17, 15) is 14.4 Å². The lowest BCUT2D eigenvalue weighted by Gasteiger charge is -2.26. The van der Waals surface area contributed by atoms with Gasteiger partial charge in [0.1, 0.15) is 20.1 Å². The fourth-order valence-electron chi connectivity index (χ4n) is 2.43. The minimum absolute atomic E-state index is 0.0337. The number of carbonyl (C=O) groups is 3. The van der Waals surface area contributed by atoms with Gasteiger partial charge in [0.15, 0.2) is 6.10 Å². The van der Waals surface area contributed by atoms with Gasteiger partial charge in [0, 0.05) is 26.5 Å². The summed E-state index contributed by atoms with van der Waals surface area (Å²) in [5.74, 6) is -1.10. The van der Waals surface area contributed by atoms with Crippen LogP contribution in [-0.2, 0) is 28.6 Å².